The Bertz CT molecular complexity index is 747. The van der Waals surface area contributed by atoms with Gasteiger partial charge in [-0.1, -0.05) is 54.2 Å². The number of rotatable bonds is 7. The number of allylic oxidation sites excluding steroid dienone is 4. The summed E-state index contributed by atoms with van der Waals surface area (Å²) >= 11 is 2.41. The third-order valence-electron chi connectivity index (χ3n) is 4.31. The molecule has 2 rings (SSSR count). The molecule has 1 unspecified atom stereocenters. The predicted molar refractivity (Wildman–Crippen MR) is 108 cm³/mol. The molecule has 142 valence electrons. The van der Waals surface area contributed by atoms with E-state index in [4.69, 9.17) is 9.47 Å². The molecule has 0 radical (unpaired) electrons. The van der Waals surface area contributed by atoms with Gasteiger partial charge in [0.15, 0.2) is 11.4 Å². The molecule has 26 heavy (non-hydrogen) atoms. The molecule has 1 aliphatic rings. The van der Waals surface area contributed by atoms with Gasteiger partial charge in [0, 0.05) is 16.4 Å². The Balaban J connectivity index is 2.48. The van der Waals surface area contributed by atoms with Crippen LogP contribution >= 0.6 is 22.6 Å². The molecule has 1 aromatic rings. The largest absolute Gasteiger partial charge is 0.464 e. The number of alkyl halides is 1. The fourth-order valence-electron chi connectivity index (χ4n) is 2.79. The molecule has 0 aromatic carbocycles. The molecule has 0 amide bonds. The molecular weight excluding hydrogens is 447 g/mol. The maximum Gasteiger partial charge on any atom is 0.359 e. The van der Waals surface area contributed by atoms with Crippen LogP contribution in [0.3, 0.4) is 0 Å². The Morgan fingerprint density at radius 2 is 2.00 bits per heavy atom. The molecule has 6 nitrogen and oxygen atoms in total. The number of methoxy groups -OCH3 is 2. The lowest BCUT2D eigenvalue weighted by Crippen LogP contribution is -2.19. The lowest BCUT2D eigenvalue weighted by molar-refractivity contribution is 0.0544. The van der Waals surface area contributed by atoms with Crippen LogP contribution in [-0.2, 0) is 22.4 Å². The van der Waals surface area contributed by atoms with Crippen LogP contribution < -0.4 is 0 Å². The summed E-state index contributed by atoms with van der Waals surface area (Å²) in [5, 5.41) is 0. The molecule has 0 saturated carbocycles. The van der Waals surface area contributed by atoms with Crippen molar-refractivity contribution in [2.75, 3.05) is 14.2 Å². The first-order chi connectivity index (χ1) is 12.3. The summed E-state index contributed by atoms with van der Waals surface area (Å²) in [6.45, 7) is 4.72. The highest BCUT2D eigenvalue weighted by atomic mass is 127. The zero-order valence-electron chi connectivity index (χ0n) is 15.7. The van der Waals surface area contributed by atoms with Crippen molar-refractivity contribution in [2.24, 2.45) is 0 Å². The second-order valence-electron chi connectivity index (χ2n) is 6.49. The van der Waals surface area contributed by atoms with Gasteiger partial charge < -0.3 is 14.0 Å². The highest BCUT2D eigenvalue weighted by Crippen LogP contribution is 2.30. The van der Waals surface area contributed by atoms with Gasteiger partial charge in [-0.2, -0.15) is 0 Å². The van der Waals surface area contributed by atoms with Crippen molar-refractivity contribution < 1.29 is 19.1 Å². The number of hydrogen-bond donors (Lipinski definition) is 0. The minimum absolute atomic E-state index is 0.0181. The van der Waals surface area contributed by atoms with E-state index in [1.54, 1.807) is 4.57 Å². The van der Waals surface area contributed by atoms with Crippen LogP contribution in [0.5, 0.6) is 0 Å². The summed E-state index contributed by atoms with van der Waals surface area (Å²) in [4.78, 5) is 28.9. The number of aryl methyl sites for hydroxylation is 1. The normalized spacial score (nSPS) is 19.2. The van der Waals surface area contributed by atoms with Crippen LogP contribution in [0.4, 0.5) is 0 Å². The van der Waals surface area contributed by atoms with Crippen LogP contribution in [-0.4, -0.2) is 39.1 Å². The summed E-state index contributed by atoms with van der Waals surface area (Å²) in [7, 11) is 2.58. The highest BCUT2D eigenvalue weighted by molar-refractivity contribution is 14.1. The van der Waals surface area contributed by atoms with Crippen LogP contribution in [0.2, 0.25) is 0 Å². The second-order valence-corrected chi connectivity index (χ2v) is 8.96. The maximum absolute atomic E-state index is 12.4. The average molecular weight is 472 g/mol. The number of carbonyl (C=O) groups excluding carboxylic acids is 2. The van der Waals surface area contributed by atoms with E-state index in [0.29, 0.717) is 18.8 Å². The third kappa shape index (κ3) is 4.75. The van der Waals surface area contributed by atoms with Crippen LogP contribution in [0, 0.1) is 0 Å². The van der Waals surface area contributed by atoms with E-state index in [9.17, 15) is 9.59 Å². The van der Waals surface area contributed by atoms with Gasteiger partial charge in [-0.15, -0.1) is 0 Å². The van der Waals surface area contributed by atoms with Gasteiger partial charge in [-0.3, -0.25) is 0 Å². The smallest absolute Gasteiger partial charge is 0.359 e. The van der Waals surface area contributed by atoms with Gasteiger partial charge in [0.2, 0.25) is 0 Å². The number of imidazole rings is 1. The molecular formula is C19H25IN2O4. The quantitative estimate of drug-likeness (QED) is 0.342. The predicted octanol–water partition coefficient (Wildman–Crippen LogP) is 3.88. The summed E-state index contributed by atoms with van der Waals surface area (Å²) in [5.41, 5.74) is 1.25. The van der Waals surface area contributed by atoms with Crippen molar-refractivity contribution in [3.8, 4) is 0 Å². The van der Waals surface area contributed by atoms with Gasteiger partial charge in [-0.25, -0.2) is 14.6 Å². The minimum atomic E-state index is -0.630. The van der Waals surface area contributed by atoms with Crippen LogP contribution in [0.25, 0.3) is 0 Å². The fourth-order valence-corrected chi connectivity index (χ4v) is 3.19. The monoisotopic (exact) mass is 472 g/mol. The standard InChI is InChI=1S/C19H25IN2O4/c1-5-6-7-14-21-15(17(23)25-3)16(18(24)26-4)22(14)12-13-8-10-19(2,20)11-9-13/h8-10H,5-7,11-12H2,1-4H3. The Hall–Kier alpha value is -1.64. The van der Waals surface area contributed by atoms with E-state index >= 15 is 0 Å². The van der Waals surface area contributed by atoms with E-state index in [1.165, 1.54) is 14.2 Å². The molecule has 7 heteroatoms. The summed E-state index contributed by atoms with van der Waals surface area (Å²) in [6.07, 6.45) is 9.88. The number of hydrogen-bond acceptors (Lipinski definition) is 5. The first-order valence-corrected chi connectivity index (χ1v) is 9.74. The van der Waals surface area contributed by atoms with E-state index in [2.05, 4.69) is 59.7 Å². The lowest BCUT2D eigenvalue weighted by Gasteiger charge is -2.21. The number of halogens is 1. The molecule has 0 saturated heterocycles. The zero-order valence-corrected chi connectivity index (χ0v) is 17.8. The van der Waals surface area contributed by atoms with E-state index in [0.717, 1.165) is 24.8 Å². The topological polar surface area (TPSA) is 70.4 Å². The Kier molecular flexibility index (Phi) is 7.02. The Morgan fingerprint density at radius 3 is 2.54 bits per heavy atom. The molecule has 0 fully saturated rings. The van der Waals surface area contributed by atoms with Crippen molar-refractivity contribution >= 4 is 34.5 Å². The van der Waals surface area contributed by atoms with Crippen molar-refractivity contribution in [2.45, 2.75) is 49.5 Å². The summed E-state index contributed by atoms with van der Waals surface area (Å²) in [6, 6.07) is 0. The first kappa shape index (κ1) is 20.7. The molecule has 1 atom stereocenters. The molecule has 0 bridgehead atoms. The summed E-state index contributed by atoms with van der Waals surface area (Å²) in [5.74, 6) is -0.514. The van der Waals surface area contributed by atoms with Gasteiger partial charge in [0.25, 0.3) is 0 Å². The number of carbonyl (C=O) groups is 2. The number of unbranched alkanes of at least 4 members (excludes halogenated alkanes) is 1. The zero-order chi connectivity index (χ0) is 19.3. The maximum atomic E-state index is 12.4. The van der Waals surface area contributed by atoms with E-state index in [-0.39, 0.29) is 14.8 Å². The van der Waals surface area contributed by atoms with Crippen LogP contribution in [0.15, 0.2) is 23.8 Å². The fraction of sp³-hybridized carbons (Fsp3) is 0.526. The third-order valence-corrected chi connectivity index (χ3v) is 5.11. The average Bonchev–Trinajstić information content (AvgIpc) is 2.98. The Labute approximate surface area is 167 Å². The van der Waals surface area contributed by atoms with E-state index < -0.39 is 11.9 Å². The number of ether oxygens (including phenoxy) is 2. The van der Waals surface area contributed by atoms with Crippen LogP contribution in [0.1, 0.15) is 59.9 Å². The van der Waals surface area contributed by atoms with Gasteiger partial charge >= 0.3 is 11.9 Å². The molecule has 1 heterocycles. The number of aromatic nitrogens is 2. The van der Waals surface area contributed by atoms with Gasteiger partial charge in [-0.05, 0) is 25.3 Å². The second kappa shape index (κ2) is 8.83. The molecule has 0 aliphatic heterocycles. The van der Waals surface area contributed by atoms with Crippen molar-refractivity contribution in [3.63, 3.8) is 0 Å². The lowest BCUT2D eigenvalue weighted by atomic mass is 9.98. The molecule has 0 N–H and O–H groups in total. The summed E-state index contributed by atoms with van der Waals surface area (Å²) < 4.78 is 11.6. The van der Waals surface area contributed by atoms with Crippen molar-refractivity contribution in [3.05, 3.63) is 41.0 Å². The van der Waals surface area contributed by atoms with Crippen molar-refractivity contribution in [1.82, 2.24) is 9.55 Å². The van der Waals surface area contributed by atoms with Crippen molar-refractivity contribution in [1.29, 1.82) is 0 Å². The van der Waals surface area contributed by atoms with E-state index in [1.807, 2.05) is 0 Å². The highest BCUT2D eigenvalue weighted by Gasteiger charge is 2.29. The molecule has 1 aromatic heterocycles. The number of esters is 2. The first-order valence-electron chi connectivity index (χ1n) is 8.66. The van der Waals surface area contributed by atoms with Gasteiger partial charge in [0.1, 0.15) is 5.82 Å². The van der Waals surface area contributed by atoms with Gasteiger partial charge in [0.05, 0.1) is 14.2 Å². The SMILES string of the molecule is CCCCc1nc(C(=O)OC)c(C(=O)OC)n1CC1=CCC(C)(I)C=C1. The molecule has 1 aliphatic carbocycles. The minimum Gasteiger partial charge on any atom is -0.464 e. The molecule has 0 spiro atoms. The Morgan fingerprint density at radius 1 is 1.31 bits per heavy atom. The number of nitrogens with zero attached hydrogens (tertiary/aromatic N) is 2.